The van der Waals surface area contributed by atoms with E-state index in [-0.39, 0.29) is 24.4 Å². The lowest BCUT2D eigenvalue weighted by molar-refractivity contribution is -0.122. The topological polar surface area (TPSA) is 80.5 Å². The molecule has 2 atom stereocenters. The van der Waals surface area contributed by atoms with Crippen molar-refractivity contribution in [3.05, 3.63) is 23.9 Å². The molecule has 1 aromatic heterocycles. The van der Waals surface area contributed by atoms with Gasteiger partial charge in [-0.15, -0.1) is 12.4 Å². The largest absolute Gasteiger partial charge is 0.375 e. The summed E-state index contributed by atoms with van der Waals surface area (Å²) in [4.78, 5) is 18.5. The highest BCUT2D eigenvalue weighted by Crippen LogP contribution is 2.15. The summed E-state index contributed by atoms with van der Waals surface area (Å²) < 4.78 is 5.53. The van der Waals surface area contributed by atoms with Gasteiger partial charge in [0.2, 0.25) is 5.91 Å². The van der Waals surface area contributed by atoms with Gasteiger partial charge in [-0.1, -0.05) is 19.4 Å². The number of pyridine rings is 1. The first-order valence-electron chi connectivity index (χ1n) is 7.95. The van der Waals surface area contributed by atoms with E-state index in [0.29, 0.717) is 13.0 Å². The number of nitrogens with two attached hydrogens (primary N) is 1. The number of hydrogen-bond donors (Lipinski definition) is 2. The summed E-state index contributed by atoms with van der Waals surface area (Å²) in [6.45, 7) is 6.99. The van der Waals surface area contributed by atoms with E-state index >= 15 is 0 Å². The van der Waals surface area contributed by atoms with Crippen molar-refractivity contribution in [1.29, 1.82) is 0 Å². The number of nitrogens with one attached hydrogen (secondary N) is 1. The molecule has 3 N–H and O–H groups in total. The van der Waals surface area contributed by atoms with Crippen molar-refractivity contribution < 1.29 is 9.53 Å². The van der Waals surface area contributed by atoms with Crippen LogP contribution in [0.3, 0.4) is 0 Å². The Morgan fingerprint density at radius 1 is 1.57 bits per heavy atom. The highest BCUT2D eigenvalue weighted by Gasteiger charge is 2.17. The molecular weight excluding hydrogens is 316 g/mol. The fourth-order valence-electron chi connectivity index (χ4n) is 2.50. The summed E-state index contributed by atoms with van der Waals surface area (Å²) in [5, 5.41) is 2.85. The number of anilines is 1. The molecular formula is C16H27ClN4O2. The van der Waals surface area contributed by atoms with Crippen LogP contribution in [0.25, 0.3) is 0 Å². The number of morpholine rings is 1. The minimum Gasteiger partial charge on any atom is -0.375 e. The molecule has 0 spiro atoms. The molecule has 0 bridgehead atoms. The van der Waals surface area contributed by atoms with Crippen LogP contribution in [-0.4, -0.2) is 42.7 Å². The fourth-order valence-corrected chi connectivity index (χ4v) is 2.50. The highest BCUT2D eigenvalue weighted by atomic mass is 35.5. The van der Waals surface area contributed by atoms with E-state index in [9.17, 15) is 4.79 Å². The third kappa shape index (κ3) is 5.97. The standard InChI is InChI=1S/C16H26N4O2.ClH/c1-3-4-14(17)16(21)19-10-13-5-6-15(18-9-13)20-7-8-22-12(2)11-20;/h5-6,9,12,14H,3-4,7-8,10-11,17H2,1-2H3,(H,19,21);1H. The number of amides is 1. The van der Waals surface area contributed by atoms with E-state index in [2.05, 4.69) is 22.1 Å². The van der Waals surface area contributed by atoms with E-state index in [1.54, 1.807) is 6.20 Å². The van der Waals surface area contributed by atoms with Crippen molar-refractivity contribution in [1.82, 2.24) is 10.3 Å². The van der Waals surface area contributed by atoms with E-state index in [4.69, 9.17) is 10.5 Å². The van der Waals surface area contributed by atoms with Crippen molar-refractivity contribution in [3.63, 3.8) is 0 Å². The molecule has 1 aliphatic rings. The zero-order valence-corrected chi connectivity index (χ0v) is 14.6. The zero-order chi connectivity index (χ0) is 15.9. The summed E-state index contributed by atoms with van der Waals surface area (Å²) in [7, 11) is 0. The summed E-state index contributed by atoms with van der Waals surface area (Å²) in [6, 6.07) is 3.56. The molecule has 2 rings (SSSR count). The fraction of sp³-hybridized carbons (Fsp3) is 0.625. The second-order valence-electron chi connectivity index (χ2n) is 5.77. The number of carbonyl (C=O) groups excluding carboxylic acids is 1. The SMILES string of the molecule is CCCC(N)C(=O)NCc1ccc(N2CCOC(C)C2)nc1.Cl. The second kappa shape index (κ2) is 9.70. The Labute approximate surface area is 144 Å². The Bertz CT molecular complexity index is 483. The summed E-state index contributed by atoms with van der Waals surface area (Å²) >= 11 is 0. The van der Waals surface area contributed by atoms with Gasteiger partial charge in [0.05, 0.1) is 18.8 Å². The number of ether oxygens (including phenoxy) is 1. The van der Waals surface area contributed by atoms with Gasteiger partial charge in [0.15, 0.2) is 0 Å². The molecule has 1 saturated heterocycles. The molecule has 0 aliphatic carbocycles. The molecule has 7 heteroatoms. The first-order valence-corrected chi connectivity index (χ1v) is 7.95. The summed E-state index contributed by atoms with van der Waals surface area (Å²) in [5.41, 5.74) is 6.75. The van der Waals surface area contributed by atoms with Crippen molar-refractivity contribution in [2.75, 3.05) is 24.6 Å². The first kappa shape index (κ1) is 19.7. The smallest absolute Gasteiger partial charge is 0.237 e. The van der Waals surface area contributed by atoms with Crippen LogP contribution in [0.1, 0.15) is 32.3 Å². The highest BCUT2D eigenvalue weighted by molar-refractivity contribution is 5.85. The molecule has 1 aromatic rings. The number of carbonyl (C=O) groups is 1. The van der Waals surface area contributed by atoms with Crippen molar-refractivity contribution >= 4 is 24.1 Å². The maximum atomic E-state index is 11.8. The number of nitrogens with zero attached hydrogens (tertiary/aromatic N) is 2. The normalized spacial score (nSPS) is 18.9. The van der Waals surface area contributed by atoms with E-state index in [0.717, 1.165) is 37.5 Å². The third-order valence-electron chi connectivity index (χ3n) is 3.78. The Morgan fingerprint density at radius 3 is 2.96 bits per heavy atom. The molecule has 1 amide bonds. The lowest BCUT2D eigenvalue weighted by Crippen LogP contribution is -2.41. The number of halogens is 1. The molecule has 1 aliphatic heterocycles. The van der Waals surface area contributed by atoms with Gasteiger partial charge in [-0.25, -0.2) is 4.98 Å². The quantitative estimate of drug-likeness (QED) is 0.818. The number of rotatable bonds is 6. The lowest BCUT2D eigenvalue weighted by atomic mass is 10.1. The van der Waals surface area contributed by atoms with Crippen LogP contribution in [0.2, 0.25) is 0 Å². The van der Waals surface area contributed by atoms with Crippen molar-refractivity contribution in [3.8, 4) is 0 Å². The molecule has 2 heterocycles. The van der Waals surface area contributed by atoms with Crippen LogP contribution in [0.15, 0.2) is 18.3 Å². The Morgan fingerprint density at radius 2 is 2.35 bits per heavy atom. The van der Waals surface area contributed by atoms with Crippen LogP contribution in [0.4, 0.5) is 5.82 Å². The Balaban J connectivity index is 0.00000264. The number of hydrogen-bond acceptors (Lipinski definition) is 5. The van der Waals surface area contributed by atoms with Gasteiger partial charge in [0, 0.05) is 25.8 Å². The van der Waals surface area contributed by atoms with E-state index in [1.807, 2.05) is 19.1 Å². The van der Waals surface area contributed by atoms with Crippen LogP contribution in [0, 0.1) is 0 Å². The first-order chi connectivity index (χ1) is 10.6. The lowest BCUT2D eigenvalue weighted by Gasteiger charge is -2.32. The Kier molecular flexibility index (Phi) is 8.30. The van der Waals surface area contributed by atoms with Gasteiger partial charge in [0.25, 0.3) is 0 Å². The number of aromatic nitrogens is 1. The van der Waals surface area contributed by atoms with Gasteiger partial charge < -0.3 is 20.7 Å². The average Bonchev–Trinajstić information content (AvgIpc) is 2.53. The molecule has 0 aromatic carbocycles. The monoisotopic (exact) mass is 342 g/mol. The average molecular weight is 343 g/mol. The molecule has 6 nitrogen and oxygen atoms in total. The predicted molar refractivity (Wildman–Crippen MR) is 93.8 cm³/mol. The minimum absolute atomic E-state index is 0. The molecule has 1 fully saturated rings. The molecule has 0 saturated carbocycles. The van der Waals surface area contributed by atoms with Gasteiger partial charge in [-0.2, -0.15) is 0 Å². The maximum absolute atomic E-state index is 11.8. The molecule has 2 unspecified atom stereocenters. The molecule has 23 heavy (non-hydrogen) atoms. The summed E-state index contributed by atoms with van der Waals surface area (Å²) in [5.74, 6) is 0.848. The maximum Gasteiger partial charge on any atom is 0.237 e. The van der Waals surface area contributed by atoms with Crippen molar-refractivity contribution in [2.45, 2.75) is 45.4 Å². The zero-order valence-electron chi connectivity index (χ0n) is 13.8. The van der Waals surface area contributed by atoms with Gasteiger partial charge >= 0.3 is 0 Å². The van der Waals surface area contributed by atoms with Crippen LogP contribution in [0.5, 0.6) is 0 Å². The Hall–Kier alpha value is -1.37. The third-order valence-corrected chi connectivity index (χ3v) is 3.78. The predicted octanol–water partition coefficient (Wildman–Crippen LogP) is 1.47. The second-order valence-corrected chi connectivity index (χ2v) is 5.77. The van der Waals surface area contributed by atoms with Crippen LogP contribution >= 0.6 is 12.4 Å². The summed E-state index contributed by atoms with van der Waals surface area (Å²) in [6.07, 6.45) is 3.65. The van der Waals surface area contributed by atoms with Gasteiger partial charge in [-0.3, -0.25) is 4.79 Å². The van der Waals surface area contributed by atoms with Gasteiger partial charge in [-0.05, 0) is 25.0 Å². The minimum atomic E-state index is -0.424. The van der Waals surface area contributed by atoms with E-state index < -0.39 is 6.04 Å². The van der Waals surface area contributed by atoms with Gasteiger partial charge in [0.1, 0.15) is 5.82 Å². The van der Waals surface area contributed by atoms with Crippen LogP contribution < -0.4 is 16.0 Å². The van der Waals surface area contributed by atoms with E-state index in [1.165, 1.54) is 0 Å². The molecule has 130 valence electrons. The molecule has 0 radical (unpaired) electrons. The van der Waals surface area contributed by atoms with Crippen molar-refractivity contribution in [2.24, 2.45) is 5.73 Å². The van der Waals surface area contributed by atoms with Crippen LogP contribution in [-0.2, 0) is 16.1 Å².